The zero-order chi connectivity index (χ0) is 11.5. The molecule has 0 radical (unpaired) electrons. The Balaban J connectivity index is 2.74. The Morgan fingerprint density at radius 3 is 2.80 bits per heavy atom. The van der Waals surface area contributed by atoms with Gasteiger partial charge >= 0.3 is 0 Å². The zero-order valence-electron chi connectivity index (χ0n) is 8.83. The van der Waals surface area contributed by atoms with Gasteiger partial charge in [0.15, 0.2) is 0 Å². The van der Waals surface area contributed by atoms with E-state index in [1.54, 1.807) is 26.0 Å². The summed E-state index contributed by atoms with van der Waals surface area (Å²) < 4.78 is 18.3. The van der Waals surface area contributed by atoms with Crippen molar-refractivity contribution in [2.75, 3.05) is 0 Å². The molecule has 0 heterocycles. The maximum absolute atomic E-state index is 12.8. The smallest absolute Gasteiger partial charge is 0.126 e. The molecule has 0 bridgehead atoms. The van der Waals surface area contributed by atoms with E-state index >= 15 is 0 Å². The molecular weight excluding hydrogens is 195 g/mol. The Kier molecular flexibility index (Phi) is 3.42. The first kappa shape index (κ1) is 11.7. The monoisotopic (exact) mass is 210 g/mol. The van der Waals surface area contributed by atoms with Gasteiger partial charge in [-0.3, -0.25) is 0 Å². The Bertz CT molecular complexity index is 352. The van der Waals surface area contributed by atoms with Gasteiger partial charge in [0, 0.05) is 12.3 Å². The Labute approximate surface area is 88.6 Å². The van der Waals surface area contributed by atoms with E-state index in [0.717, 1.165) is 6.21 Å². The molecule has 2 atom stereocenters. The van der Waals surface area contributed by atoms with Crippen LogP contribution in [0.1, 0.15) is 13.8 Å². The summed E-state index contributed by atoms with van der Waals surface area (Å²) in [7, 11) is 0. The molecule has 15 heavy (non-hydrogen) atoms. The minimum Gasteiger partial charge on any atom is -0.488 e. The number of halogens is 1. The quantitative estimate of drug-likeness (QED) is 0.746. The molecule has 4 heteroatoms. The van der Waals surface area contributed by atoms with Gasteiger partial charge in [-0.25, -0.2) is 4.39 Å². The molecule has 0 saturated heterocycles. The molecule has 1 aromatic carbocycles. The van der Waals surface area contributed by atoms with Gasteiger partial charge in [0.2, 0.25) is 0 Å². The van der Waals surface area contributed by atoms with E-state index in [1.807, 2.05) is 0 Å². The first-order valence-corrected chi connectivity index (χ1v) is 4.68. The van der Waals surface area contributed by atoms with Gasteiger partial charge in [-0.1, -0.05) is 6.07 Å². The summed E-state index contributed by atoms with van der Waals surface area (Å²) in [6.07, 6.45) is 0.730. The lowest BCUT2D eigenvalue weighted by Gasteiger charge is -2.27. The number of ether oxygens (including phenoxy) is 1. The second-order valence-corrected chi connectivity index (χ2v) is 3.73. The van der Waals surface area contributed by atoms with E-state index in [1.165, 1.54) is 12.1 Å². The molecule has 1 rings (SSSR count). The Morgan fingerprint density at radius 2 is 2.27 bits per heavy atom. The fourth-order valence-corrected chi connectivity index (χ4v) is 0.989. The van der Waals surface area contributed by atoms with Gasteiger partial charge in [-0.05, 0) is 26.0 Å². The molecule has 0 amide bonds. The molecule has 1 aromatic rings. The third-order valence-corrected chi connectivity index (χ3v) is 2.30. The highest BCUT2D eigenvalue weighted by Gasteiger charge is 2.25. The molecule has 0 aliphatic carbocycles. The lowest BCUT2D eigenvalue weighted by atomic mass is 9.99. The highest BCUT2D eigenvalue weighted by Crippen LogP contribution is 2.17. The first-order chi connectivity index (χ1) is 6.95. The fourth-order valence-electron chi connectivity index (χ4n) is 0.989. The van der Waals surface area contributed by atoms with Crippen molar-refractivity contribution in [2.24, 2.45) is 5.73 Å². The van der Waals surface area contributed by atoms with Gasteiger partial charge in [0.25, 0.3) is 0 Å². The molecule has 3 N–H and O–H groups in total. The van der Waals surface area contributed by atoms with Crippen LogP contribution >= 0.6 is 0 Å². The van der Waals surface area contributed by atoms with Crippen LogP contribution in [0.3, 0.4) is 0 Å². The number of hydrogen-bond donors (Lipinski definition) is 2. The summed E-state index contributed by atoms with van der Waals surface area (Å²) >= 11 is 0. The van der Waals surface area contributed by atoms with E-state index in [-0.39, 0.29) is 5.82 Å². The third kappa shape index (κ3) is 3.02. The number of benzene rings is 1. The highest BCUT2D eigenvalue weighted by atomic mass is 19.1. The summed E-state index contributed by atoms with van der Waals surface area (Å²) in [4.78, 5) is 0. The molecule has 0 aliphatic rings. The van der Waals surface area contributed by atoms with Crippen molar-refractivity contribution in [1.82, 2.24) is 0 Å². The molecule has 2 unspecified atom stereocenters. The Morgan fingerprint density at radius 1 is 1.60 bits per heavy atom. The van der Waals surface area contributed by atoms with Crippen molar-refractivity contribution >= 4 is 6.21 Å². The summed E-state index contributed by atoms with van der Waals surface area (Å²) in [6.45, 7) is 3.43. The van der Waals surface area contributed by atoms with Crippen LogP contribution in [0.2, 0.25) is 0 Å². The molecule has 3 nitrogen and oxygen atoms in total. The van der Waals surface area contributed by atoms with Crippen LogP contribution in [0.5, 0.6) is 5.75 Å². The lowest BCUT2D eigenvalue weighted by molar-refractivity contribution is 0.173. The fraction of sp³-hybridized carbons (Fsp3) is 0.364. The third-order valence-electron chi connectivity index (χ3n) is 2.30. The number of nitrogens with one attached hydrogen (secondary N) is 1. The zero-order valence-corrected chi connectivity index (χ0v) is 8.83. The predicted octanol–water partition coefficient (Wildman–Crippen LogP) is 1.96. The largest absolute Gasteiger partial charge is 0.488 e. The van der Waals surface area contributed by atoms with Gasteiger partial charge in [-0.15, -0.1) is 0 Å². The second-order valence-electron chi connectivity index (χ2n) is 3.73. The van der Waals surface area contributed by atoms with Crippen LogP contribution in [0.4, 0.5) is 4.39 Å². The van der Waals surface area contributed by atoms with Gasteiger partial charge in [0.1, 0.15) is 17.7 Å². The topological polar surface area (TPSA) is 59.1 Å². The molecule has 0 saturated carbocycles. The first-order valence-electron chi connectivity index (χ1n) is 4.68. The van der Waals surface area contributed by atoms with E-state index < -0.39 is 11.6 Å². The van der Waals surface area contributed by atoms with Crippen LogP contribution in [0.25, 0.3) is 0 Å². The Hall–Kier alpha value is -1.42. The van der Waals surface area contributed by atoms with Crippen molar-refractivity contribution in [2.45, 2.75) is 25.5 Å². The molecule has 0 spiro atoms. The van der Waals surface area contributed by atoms with Crippen LogP contribution in [-0.4, -0.2) is 17.9 Å². The van der Waals surface area contributed by atoms with Crippen LogP contribution < -0.4 is 10.5 Å². The van der Waals surface area contributed by atoms with Crippen molar-refractivity contribution in [3.63, 3.8) is 0 Å². The standard InChI is InChI=1S/C11H15FN2O/c1-8(11(2,14)7-13)15-10-5-3-4-9(12)6-10/h3-8,13H,14H2,1-2H3. The SMILES string of the molecule is CC(Oc1cccc(F)c1)C(C)(N)C=N. The maximum Gasteiger partial charge on any atom is 0.126 e. The second kappa shape index (κ2) is 4.40. The summed E-state index contributed by atoms with van der Waals surface area (Å²) in [6, 6.07) is 5.85. The van der Waals surface area contributed by atoms with Gasteiger partial charge in [0.05, 0.1) is 5.54 Å². The summed E-state index contributed by atoms with van der Waals surface area (Å²) in [5.41, 5.74) is 4.93. The molecule has 0 aliphatic heterocycles. The molecule has 82 valence electrons. The minimum absolute atomic E-state index is 0.353. The average Bonchev–Trinajstić information content (AvgIpc) is 2.17. The van der Waals surface area contributed by atoms with E-state index in [4.69, 9.17) is 15.9 Å². The summed E-state index contributed by atoms with van der Waals surface area (Å²) in [5.74, 6) is 0.0642. The minimum atomic E-state index is -0.855. The van der Waals surface area contributed by atoms with Gasteiger partial charge in [-0.2, -0.15) is 0 Å². The number of nitrogens with two attached hydrogens (primary N) is 1. The average molecular weight is 210 g/mol. The van der Waals surface area contributed by atoms with Crippen molar-refractivity contribution in [3.8, 4) is 5.75 Å². The number of hydrogen-bond acceptors (Lipinski definition) is 3. The van der Waals surface area contributed by atoms with E-state index in [0.29, 0.717) is 5.75 Å². The highest BCUT2D eigenvalue weighted by molar-refractivity contribution is 5.67. The van der Waals surface area contributed by atoms with E-state index in [2.05, 4.69) is 0 Å². The molecule has 0 aromatic heterocycles. The summed E-state index contributed by atoms with van der Waals surface area (Å²) in [5, 5.41) is 7.14. The maximum atomic E-state index is 12.8. The number of rotatable bonds is 4. The van der Waals surface area contributed by atoms with E-state index in [9.17, 15) is 4.39 Å². The van der Waals surface area contributed by atoms with Crippen molar-refractivity contribution in [1.29, 1.82) is 5.41 Å². The van der Waals surface area contributed by atoms with Crippen LogP contribution in [0, 0.1) is 11.2 Å². The lowest BCUT2D eigenvalue weighted by Crippen LogP contribution is -2.50. The normalized spacial score (nSPS) is 16.5. The van der Waals surface area contributed by atoms with Crippen LogP contribution in [-0.2, 0) is 0 Å². The van der Waals surface area contributed by atoms with Gasteiger partial charge < -0.3 is 15.9 Å². The van der Waals surface area contributed by atoms with Crippen molar-refractivity contribution < 1.29 is 9.13 Å². The molecule has 0 fully saturated rings. The van der Waals surface area contributed by atoms with Crippen molar-refractivity contribution in [3.05, 3.63) is 30.1 Å². The predicted molar refractivity (Wildman–Crippen MR) is 57.9 cm³/mol. The molecular formula is C11H15FN2O. The van der Waals surface area contributed by atoms with Crippen LogP contribution in [0.15, 0.2) is 24.3 Å².